The number of benzene rings is 4. The van der Waals surface area contributed by atoms with Crippen molar-refractivity contribution in [2.24, 2.45) is 0 Å². The van der Waals surface area contributed by atoms with Gasteiger partial charge in [0.05, 0.1) is 38.7 Å². The number of rotatable bonds is 20. The molecule has 10 atom stereocenters. The summed E-state index contributed by atoms with van der Waals surface area (Å²) in [5, 5.41) is 96.8. The highest BCUT2D eigenvalue weighted by Gasteiger charge is 2.44. The predicted octanol–water partition coefficient (Wildman–Crippen LogP) is 2.10. The van der Waals surface area contributed by atoms with Gasteiger partial charge in [-0.2, -0.15) is 0 Å². The van der Waals surface area contributed by atoms with Crippen LogP contribution in [0, 0.1) is 0 Å². The summed E-state index contributed by atoms with van der Waals surface area (Å²) in [5.74, 6) is 2.21. The number of nitrogens with zero attached hydrogens (tertiary/aromatic N) is 6. The van der Waals surface area contributed by atoms with Crippen molar-refractivity contribution in [3.05, 3.63) is 155 Å². The van der Waals surface area contributed by atoms with Gasteiger partial charge in [-0.3, -0.25) is 9.36 Å². The summed E-state index contributed by atoms with van der Waals surface area (Å²) in [7, 11) is 0. The maximum atomic E-state index is 10.3. The van der Waals surface area contributed by atoms with Crippen LogP contribution in [0.5, 0.6) is 11.5 Å². The molecule has 360 valence electrons. The monoisotopic (exact) mass is 970 g/mol. The van der Waals surface area contributed by atoms with Crippen LogP contribution in [-0.2, 0) is 35.8 Å². The van der Waals surface area contributed by atoms with Crippen LogP contribution in [-0.4, -0.2) is 155 Å². The topological polar surface area (TPSA) is 260 Å². The zero-order chi connectivity index (χ0) is 47.6. The quantitative estimate of drug-likeness (QED) is 0.0510. The number of hydrogen-bond acceptors (Lipinski definition) is 18. The Bertz CT molecular complexity index is 2340. The Hall–Kier alpha value is -5.20. The molecule has 2 saturated heterocycles. The summed E-state index contributed by atoms with van der Waals surface area (Å²) in [6.45, 7) is 0.260. The van der Waals surface area contributed by atoms with E-state index in [0.717, 1.165) is 33.4 Å². The first-order valence-electron chi connectivity index (χ1n) is 22.0. The molecule has 0 unspecified atom stereocenters. The van der Waals surface area contributed by atoms with E-state index in [1.165, 1.54) is 23.5 Å². The molecule has 0 bridgehead atoms. The molecule has 2 aliphatic heterocycles. The molecule has 8 rings (SSSR count). The van der Waals surface area contributed by atoms with Crippen molar-refractivity contribution in [1.29, 1.82) is 0 Å². The summed E-state index contributed by atoms with van der Waals surface area (Å²) in [6.07, 6.45) is -6.63. The lowest BCUT2D eigenvalue weighted by Crippen LogP contribution is -2.57. The first-order valence-corrected chi connectivity index (χ1v) is 24.1. The smallest absolute Gasteiger partial charge is 0.134 e. The third kappa shape index (κ3) is 12.0. The Kier molecular flexibility index (Phi) is 16.9. The normalized spacial score (nSPS) is 25.5. The molecule has 4 heterocycles. The molecule has 8 N–H and O–H groups in total. The standard InChI is InChI=1S/C48H54N6O12S2/c55-25-37-41(57)43(59)45(61)47(65-37)67-21-19-53-23-33(49-51-53)27-63-35-15-11-31(12-16-35)39(29-7-3-1-4-8-29)40(30-9-5-2-6-10-30)32-13-17-36(18-14-32)64-28-34-24-54(52-50-34)20-22-68-48-46(62)44(60)42(58)38(26-56)66-48/h1-18,23-24,37-38,41-48,55-62H,19-22,25-28H2/b40-39+/t37-,38-,41-,42-,43+,44+,45+,46+,47-,48-/m1/s1. The third-order valence-corrected chi connectivity index (χ3v) is 13.8. The van der Waals surface area contributed by atoms with Crippen LogP contribution in [0.2, 0.25) is 0 Å². The number of aliphatic hydroxyl groups is 8. The van der Waals surface area contributed by atoms with Gasteiger partial charge >= 0.3 is 0 Å². The van der Waals surface area contributed by atoms with Crippen molar-refractivity contribution in [1.82, 2.24) is 30.0 Å². The molecule has 2 aromatic heterocycles. The van der Waals surface area contributed by atoms with E-state index in [1.807, 2.05) is 84.9 Å². The van der Waals surface area contributed by atoms with Crippen molar-refractivity contribution < 1.29 is 59.8 Å². The van der Waals surface area contributed by atoms with Crippen molar-refractivity contribution in [3.63, 3.8) is 0 Å². The van der Waals surface area contributed by atoms with Gasteiger partial charge in [-0.05, 0) is 57.7 Å². The summed E-state index contributed by atoms with van der Waals surface area (Å²) < 4.78 is 26.7. The Morgan fingerprint density at radius 2 is 0.853 bits per heavy atom. The minimum atomic E-state index is -1.42. The first kappa shape index (κ1) is 49.2. The number of ether oxygens (including phenoxy) is 4. The van der Waals surface area contributed by atoms with Crippen LogP contribution in [0.3, 0.4) is 0 Å². The first-order chi connectivity index (χ1) is 33.1. The molecule has 0 saturated carbocycles. The average molecular weight is 971 g/mol. The minimum absolute atomic E-state index is 0.177. The SMILES string of the molecule is OC[C@H]1O[C@H](SCCn2cc(COc3ccc(/C(=C(\c4ccccc4)c4ccc(OCc5cn(CCS[C@H]6O[C@H](CO)[C@@H](O)[C@H](O)[C@@H]6O)nn5)cc4)c4ccccc4)cc3)nn2)[C@@H](O)[C@@H](O)[C@@H]1O. The largest absolute Gasteiger partial charge is 0.487 e. The van der Waals surface area contributed by atoms with Gasteiger partial charge in [0.1, 0.15) is 95.8 Å². The molecule has 2 aliphatic rings. The molecule has 6 aromatic rings. The third-order valence-electron chi connectivity index (χ3n) is 11.5. The van der Waals surface area contributed by atoms with E-state index >= 15 is 0 Å². The molecule has 68 heavy (non-hydrogen) atoms. The van der Waals surface area contributed by atoms with E-state index in [-0.39, 0.29) is 13.2 Å². The van der Waals surface area contributed by atoms with Gasteiger partial charge in [0.15, 0.2) is 0 Å². The van der Waals surface area contributed by atoms with Gasteiger partial charge in [-0.25, -0.2) is 0 Å². The number of aromatic nitrogens is 6. The molecular formula is C48H54N6O12S2. The zero-order valence-corrected chi connectivity index (χ0v) is 38.3. The lowest BCUT2D eigenvalue weighted by Gasteiger charge is -2.39. The van der Waals surface area contributed by atoms with Crippen molar-refractivity contribution in [3.8, 4) is 11.5 Å². The second kappa shape index (κ2) is 23.4. The second-order valence-corrected chi connectivity index (χ2v) is 18.6. The Morgan fingerprint density at radius 1 is 0.485 bits per heavy atom. The van der Waals surface area contributed by atoms with Crippen molar-refractivity contribution in [2.75, 3.05) is 24.7 Å². The van der Waals surface area contributed by atoms with E-state index in [1.54, 1.807) is 21.8 Å². The number of hydrogen-bond donors (Lipinski definition) is 8. The maximum absolute atomic E-state index is 10.3. The molecule has 4 aromatic carbocycles. The number of aliphatic hydroxyl groups excluding tert-OH is 8. The number of aryl methyl sites for hydroxylation is 2. The van der Waals surface area contributed by atoms with Crippen molar-refractivity contribution >= 4 is 34.7 Å². The van der Waals surface area contributed by atoms with Gasteiger partial charge < -0.3 is 59.8 Å². The Balaban J connectivity index is 0.907. The van der Waals surface area contributed by atoms with Gasteiger partial charge in [-0.1, -0.05) is 95.4 Å². The van der Waals surface area contributed by atoms with Gasteiger partial charge in [0.2, 0.25) is 0 Å². The highest BCUT2D eigenvalue weighted by atomic mass is 32.2. The fourth-order valence-electron chi connectivity index (χ4n) is 7.83. The minimum Gasteiger partial charge on any atom is -0.487 e. The van der Waals surface area contributed by atoms with E-state index in [0.29, 0.717) is 47.5 Å². The van der Waals surface area contributed by atoms with E-state index < -0.39 is 72.9 Å². The van der Waals surface area contributed by atoms with E-state index in [2.05, 4.69) is 44.9 Å². The fraction of sp³-hybridized carbons (Fsp3) is 0.375. The van der Waals surface area contributed by atoms with Gasteiger partial charge in [0, 0.05) is 11.5 Å². The number of thioether (sulfide) groups is 2. The Labute approximate surface area is 400 Å². The van der Waals surface area contributed by atoms with Crippen molar-refractivity contribution in [2.45, 2.75) is 86.0 Å². The highest BCUT2D eigenvalue weighted by Crippen LogP contribution is 2.38. The Morgan fingerprint density at radius 3 is 1.22 bits per heavy atom. The lowest BCUT2D eigenvalue weighted by molar-refractivity contribution is -0.205. The van der Waals surface area contributed by atoms with E-state index in [4.69, 9.17) is 18.9 Å². The predicted molar refractivity (Wildman–Crippen MR) is 252 cm³/mol. The maximum Gasteiger partial charge on any atom is 0.134 e. The van der Waals surface area contributed by atoms with Gasteiger partial charge in [-0.15, -0.1) is 33.7 Å². The lowest BCUT2D eigenvalue weighted by atomic mass is 9.86. The van der Waals surface area contributed by atoms with Crippen LogP contribution in [0.25, 0.3) is 11.1 Å². The van der Waals surface area contributed by atoms with Crippen LogP contribution < -0.4 is 9.47 Å². The molecular weight excluding hydrogens is 917 g/mol. The zero-order valence-electron chi connectivity index (χ0n) is 36.7. The molecule has 20 heteroatoms. The van der Waals surface area contributed by atoms with E-state index in [9.17, 15) is 40.9 Å². The molecule has 18 nitrogen and oxygen atoms in total. The summed E-state index contributed by atoms with van der Waals surface area (Å²) >= 11 is 2.49. The second-order valence-electron chi connectivity index (χ2n) is 16.2. The molecule has 0 radical (unpaired) electrons. The van der Waals surface area contributed by atoms with Gasteiger partial charge in [0.25, 0.3) is 0 Å². The average Bonchev–Trinajstić information content (AvgIpc) is 4.04. The molecule has 0 aliphatic carbocycles. The van der Waals surface area contributed by atoms with Crippen LogP contribution in [0.15, 0.2) is 122 Å². The van der Waals surface area contributed by atoms with Crippen LogP contribution in [0.1, 0.15) is 33.6 Å². The molecule has 0 spiro atoms. The van der Waals surface area contributed by atoms with Crippen LogP contribution >= 0.6 is 23.5 Å². The summed E-state index contributed by atoms with van der Waals surface area (Å²) in [4.78, 5) is 0. The molecule has 0 amide bonds. The highest BCUT2D eigenvalue weighted by molar-refractivity contribution is 8.00. The fourth-order valence-corrected chi connectivity index (χ4v) is 10.0. The molecule has 2 fully saturated rings. The van der Waals surface area contributed by atoms with Crippen LogP contribution in [0.4, 0.5) is 0 Å². The summed E-state index contributed by atoms with van der Waals surface area (Å²) in [5.41, 5.74) is 5.61. The summed E-state index contributed by atoms with van der Waals surface area (Å²) in [6, 6.07) is 36.2.